The van der Waals surface area contributed by atoms with E-state index in [9.17, 15) is 18.3 Å². The Hall–Kier alpha value is -2.85. The number of benzene rings is 2. The van der Waals surface area contributed by atoms with Crippen molar-refractivity contribution in [2.45, 2.75) is 4.90 Å². The van der Waals surface area contributed by atoms with E-state index in [-0.39, 0.29) is 31.8 Å². The second-order valence-corrected chi connectivity index (χ2v) is 9.37. The van der Waals surface area contributed by atoms with Crippen molar-refractivity contribution in [3.05, 3.63) is 81.5 Å². The zero-order valence-corrected chi connectivity index (χ0v) is 18.3. The lowest BCUT2D eigenvalue weighted by Crippen LogP contribution is -2.12. The van der Waals surface area contributed by atoms with Gasteiger partial charge in [0.05, 0.1) is 10.5 Å². The number of carbonyl (C=O) groups excluding carboxylic acids is 1. The molecule has 0 saturated carbocycles. The highest BCUT2D eigenvalue weighted by Gasteiger charge is 2.25. The molecule has 2 aromatic heterocycles. The van der Waals surface area contributed by atoms with Crippen LogP contribution < -0.4 is 0 Å². The summed E-state index contributed by atoms with van der Waals surface area (Å²) in [6, 6.07) is 8.51. The molecule has 12 heteroatoms. The fraction of sp³-hybridized carbons (Fsp3) is 0. The molecule has 0 aliphatic carbocycles. The molecule has 8 nitrogen and oxygen atoms in total. The third-order valence-corrected chi connectivity index (χ3v) is 6.98. The second kappa shape index (κ2) is 8.01. The van der Waals surface area contributed by atoms with E-state index in [2.05, 4.69) is 15.2 Å². The van der Waals surface area contributed by atoms with Crippen molar-refractivity contribution in [1.82, 2.24) is 19.2 Å². The van der Waals surface area contributed by atoms with Gasteiger partial charge in [0.1, 0.15) is 17.0 Å². The lowest BCUT2D eigenvalue weighted by atomic mass is 10.1. The Labute approximate surface area is 190 Å². The van der Waals surface area contributed by atoms with E-state index in [0.29, 0.717) is 10.4 Å². The fourth-order valence-electron chi connectivity index (χ4n) is 2.95. The van der Waals surface area contributed by atoms with Gasteiger partial charge in [-0.15, -0.1) is 0 Å². The molecule has 0 aliphatic rings. The number of hydrogen-bond acceptors (Lipinski definition) is 6. The van der Waals surface area contributed by atoms with Gasteiger partial charge >= 0.3 is 0 Å². The maximum atomic E-state index is 13.3. The number of aromatic nitrogens is 4. The van der Waals surface area contributed by atoms with Crippen molar-refractivity contribution in [2.75, 3.05) is 0 Å². The van der Waals surface area contributed by atoms with E-state index in [1.54, 1.807) is 0 Å². The van der Waals surface area contributed by atoms with Crippen molar-refractivity contribution in [3.8, 4) is 0 Å². The summed E-state index contributed by atoms with van der Waals surface area (Å²) in [4.78, 5) is 15.7. The molecule has 0 atom stereocenters. The molecule has 0 aliphatic heterocycles. The minimum Gasteiger partial charge on any atom is -0.507 e. The molecular weight excluding hydrogens is 487 g/mol. The Balaban J connectivity index is 1.93. The number of rotatable bonds is 5. The Morgan fingerprint density at radius 1 is 1.10 bits per heavy atom. The SMILES string of the molecule is O=C(/C=C(\O)c1cn(S(=O)(=O)c2cc(Cl)ccc2Cl)c2ccc(Cl)cc12)c1ncn[nH]1. The summed E-state index contributed by atoms with van der Waals surface area (Å²) < 4.78 is 27.6. The Morgan fingerprint density at radius 2 is 1.81 bits per heavy atom. The van der Waals surface area contributed by atoms with Gasteiger partial charge in [0.25, 0.3) is 10.0 Å². The Bertz CT molecular complexity index is 1460. The zero-order valence-electron chi connectivity index (χ0n) is 15.3. The molecule has 0 fully saturated rings. The molecule has 158 valence electrons. The number of fused-ring (bicyclic) bond motifs is 1. The summed E-state index contributed by atoms with van der Waals surface area (Å²) in [6.45, 7) is 0. The van der Waals surface area contributed by atoms with Gasteiger partial charge in [-0.3, -0.25) is 9.89 Å². The second-order valence-electron chi connectivity index (χ2n) is 6.31. The normalized spacial score (nSPS) is 12.4. The van der Waals surface area contributed by atoms with E-state index in [0.717, 1.165) is 16.4 Å². The van der Waals surface area contributed by atoms with E-state index < -0.39 is 21.6 Å². The van der Waals surface area contributed by atoms with Crippen molar-refractivity contribution < 1.29 is 18.3 Å². The molecule has 4 rings (SSSR count). The number of nitrogens with zero attached hydrogens (tertiary/aromatic N) is 3. The van der Waals surface area contributed by atoms with Crippen LogP contribution >= 0.6 is 34.8 Å². The van der Waals surface area contributed by atoms with Crippen molar-refractivity contribution in [2.24, 2.45) is 0 Å². The van der Waals surface area contributed by atoms with Gasteiger partial charge in [-0.2, -0.15) is 5.10 Å². The number of carbonyl (C=O) groups is 1. The van der Waals surface area contributed by atoms with Crippen LogP contribution in [-0.2, 0) is 10.0 Å². The summed E-state index contributed by atoms with van der Waals surface area (Å²) in [5, 5.41) is 17.3. The van der Waals surface area contributed by atoms with Crippen LogP contribution in [-0.4, -0.2) is 38.5 Å². The maximum absolute atomic E-state index is 13.3. The number of aliphatic hydroxyl groups is 1. The van der Waals surface area contributed by atoms with Crippen LogP contribution in [0.4, 0.5) is 0 Å². The standard InChI is InChI=1S/C19H11Cl3N4O4S/c20-10-2-4-15-12(5-10)13(16(27)7-17(28)19-23-9-24-25-19)8-26(15)31(29,30)18-6-11(21)1-3-14(18)22/h1-9,27H,(H,23,24,25)/b16-7-. The van der Waals surface area contributed by atoms with Gasteiger partial charge in [0.2, 0.25) is 5.78 Å². The van der Waals surface area contributed by atoms with Crippen LogP contribution in [0.25, 0.3) is 16.7 Å². The number of aliphatic hydroxyl groups excluding tert-OH is 1. The monoisotopic (exact) mass is 496 g/mol. The first-order valence-corrected chi connectivity index (χ1v) is 11.1. The predicted molar refractivity (Wildman–Crippen MR) is 117 cm³/mol. The van der Waals surface area contributed by atoms with Crippen LogP contribution in [0, 0.1) is 0 Å². The first-order chi connectivity index (χ1) is 14.7. The number of nitrogens with one attached hydrogen (secondary N) is 1. The maximum Gasteiger partial charge on any atom is 0.269 e. The van der Waals surface area contributed by atoms with Gasteiger partial charge in [-0.25, -0.2) is 17.4 Å². The summed E-state index contributed by atoms with van der Waals surface area (Å²) in [5.74, 6) is -1.23. The number of aromatic amines is 1. The molecule has 4 aromatic rings. The molecule has 0 spiro atoms. The van der Waals surface area contributed by atoms with Gasteiger partial charge in [0, 0.05) is 33.3 Å². The number of ketones is 1. The highest BCUT2D eigenvalue weighted by Crippen LogP contribution is 2.34. The van der Waals surface area contributed by atoms with Gasteiger partial charge in [0.15, 0.2) is 5.82 Å². The van der Waals surface area contributed by atoms with Crippen molar-refractivity contribution in [1.29, 1.82) is 0 Å². The highest BCUT2D eigenvalue weighted by atomic mass is 35.5. The van der Waals surface area contributed by atoms with E-state index in [4.69, 9.17) is 34.8 Å². The van der Waals surface area contributed by atoms with Crippen LogP contribution in [0.5, 0.6) is 0 Å². The third kappa shape index (κ3) is 3.92. The Kier molecular flexibility index (Phi) is 5.52. The molecule has 2 heterocycles. The Morgan fingerprint density at radius 3 is 2.52 bits per heavy atom. The third-order valence-electron chi connectivity index (χ3n) is 4.35. The van der Waals surface area contributed by atoms with Gasteiger partial charge in [-0.05, 0) is 36.4 Å². The van der Waals surface area contributed by atoms with Crippen LogP contribution in [0.2, 0.25) is 15.1 Å². The van der Waals surface area contributed by atoms with E-state index in [1.165, 1.54) is 42.6 Å². The first kappa shape index (κ1) is 21.4. The van der Waals surface area contributed by atoms with Crippen molar-refractivity contribution in [3.63, 3.8) is 0 Å². The van der Waals surface area contributed by atoms with E-state index >= 15 is 0 Å². The lowest BCUT2D eigenvalue weighted by Gasteiger charge is -2.09. The molecule has 0 bridgehead atoms. The fourth-order valence-corrected chi connectivity index (χ4v) is 5.23. The smallest absolute Gasteiger partial charge is 0.269 e. The number of hydrogen-bond donors (Lipinski definition) is 2. The molecule has 0 saturated heterocycles. The van der Waals surface area contributed by atoms with Crippen molar-refractivity contribution >= 4 is 67.3 Å². The molecule has 0 amide bonds. The predicted octanol–water partition coefficient (Wildman–Crippen LogP) is 4.74. The lowest BCUT2D eigenvalue weighted by molar-refractivity contribution is 0.103. The quantitative estimate of drug-likeness (QED) is 0.234. The van der Waals surface area contributed by atoms with Crippen LogP contribution in [0.15, 0.2) is 59.9 Å². The van der Waals surface area contributed by atoms with Gasteiger partial charge < -0.3 is 5.11 Å². The summed E-state index contributed by atoms with van der Waals surface area (Å²) in [7, 11) is -4.21. The number of halogens is 3. The average Bonchev–Trinajstić information content (AvgIpc) is 3.37. The molecule has 0 unspecified atom stereocenters. The minimum absolute atomic E-state index is 0.0259. The van der Waals surface area contributed by atoms with Gasteiger partial charge in [-0.1, -0.05) is 34.8 Å². The number of H-pyrrole nitrogens is 1. The number of allylic oxidation sites excluding steroid dienone is 1. The molecular formula is C19H11Cl3N4O4S. The molecule has 31 heavy (non-hydrogen) atoms. The van der Waals surface area contributed by atoms with Crippen LogP contribution in [0.3, 0.4) is 0 Å². The zero-order chi connectivity index (χ0) is 22.3. The average molecular weight is 498 g/mol. The minimum atomic E-state index is -4.21. The van der Waals surface area contributed by atoms with Crippen LogP contribution in [0.1, 0.15) is 16.2 Å². The largest absolute Gasteiger partial charge is 0.507 e. The molecule has 2 aromatic carbocycles. The summed E-state index contributed by atoms with van der Waals surface area (Å²) in [6.07, 6.45) is 3.22. The molecule has 2 N–H and O–H groups in total. The first-order valence-electron chi connectivity index (χ1n) is 8.50. The molecule has 0 radical (unpaired) electrons. The summed E-state index contributed by atoms with van der Waals surface area (Å²) in [5.41, 5.74) is 0.273. The van der Waals surface area contributed by atoms with E-state index in [1.807, 2.05) is 0 Å². The highest BCUT2D eigenvalue weighted by molar-refractivity contribution is 7.90. The summed E-state index contributed by atoms with van der Waals surface area (Å²) >= 11 is 18.1. The topological polar surface area (TPSA) is 118 Å².